The average Bonchev–Trinajstić information content (AvgIpc) is 2.57. The molecule has 0 heterocycles. The molecule has 0 radical (unpaired) electrons. The number of aryl methyl sites for hydroxylation is 1. The molecule has 0 aliphatic carbocycles. The lowest BCUT2D eigenvalue weighted by Crippen LogP contribution is -2.16. The molecule has 3 nitrogen and oxygen atoms in total. The van der Waals surface area contributed by atoms with Crippen molar-refractivity contribution in [3.05, 3.63) is 65.5 Å². The molecule has 2 aromatic carbocycles. The second kappa shape index (κ2) is 10.4. The number of esters is 1. The van der Waals surface area contributed by atoms with E-state index in [1.54, 1.807) is 19.1 Å². The number of rotatable bonds is 5. The van der Waals surface area contributed by atoms with Gasteiger partial charge in [0.1, 0.15) is 17.7 Å². The smallest absolute Gasteiger partial charge is 0.305 e. The first kappa shape index (κ1) is 19.7. The molecule has 0 aromatic heterocycles. The van der Waals surface area contributed by atoms with E-state index in [2.05, 4.69) is 31.2 Å². The molecule has 1 unspecified atom stereocenters. The number of hydrogen-bond donors (Lipinski definition) is 0. The van der Waals surface area contributed by atoms with Crippen molar-refractivity contribution in [1.82, 2.24) is 0 Å². The lowest BCUT2D eigenvalue weighted by Gasteiger charge is -2.12. The Morgan fingerprint density at radius 2 is 1.83 bits per heavy atom. The van der Waals surface area contributed by atoms with Gasteiger partial charge in [-0.1, -0.05) is 42.8 Å². The van der Waals surface area contributed by atoms with Crippen molar-refractivity contribution in [2.24, 2.45) is 0 Å². The Morgan fingerprint density at radius 1 is 1.17 bits per heavy atom. The SMILES string of the molecule is CCC(=O)OC(C)Cc1ccc(C)cc1.COc1cccc(F)c1. The standard InChI is InChI=1S/C13H18O2.C7H7FO/c1-4-13(14)15-11(3)9-12-7-5-10(2)6-8-12;1-9-7-4-2-3-6(8)5-7/h5-8,11H,4,9H2,1-3H3;2-5H,1H3. The molecule has 0 aliphatic heterocycles. The molecule has 1 atom stereocenters. The zero-order valence-electron chi connectivity index (χ0n) is 14.7. The number of halogens is 1. The lowest BCUT2D eigenvalue weighted by atomic mass is 10.1. The van der Waals surface area contributed by atoms with Crippen molar-refractivity contribution >= 4 is 5.97 Å². The monoisotopic (exact) mass is 332 g/mol. The summed E-state index contributed by atoms with van der Waals surface area (Å²) in [5, 5.41) is 0. The molecule has 2 aromatic rings. The zero-order valence-corrected chi connectivity index (χ0v) is 14.7. The van der Waals surface area contributed by atoms with Gasteiger partial charge in [0.2, 0.25) is 0 Å². The first-order valence-corrected chi connectivity index (χ1v) is 7.99. The van der Waals surface area contributed by atoms with Gasteiger partial charge < -0.3 is 9.47 Å². The number of carbonyl (C=O) groups excluding carboxylic acids is 1. The Morgan fingerprint density at radius 3 is 2.33 bits per heavy atom. The van der Waals surface area contributed by atoms with E-state index in [-0.39, 0.29) is 17.9 Å². The molecule has 130 valence electrons. The molecular weight excluding hydrogens is 307 g/mol. The first-order chi connectivity index (χ1) is 11.4. The highest BCUT2D eigenvalue weighted by molar-refractivity contribution is 5.69. The minimum Gasteiger partial charge on any atom is -0.497 e. The fourth-order valence-electron chi connectivity index (χ4n) is 2.00. The fourth-order valence-corrected chi connectivity index (χ4v) is 2.00. The molecule has 0 amide bonds. The van der Waals surface area contributed by atoms with Crippen LogP contribution in [0.15, 0.2) is 48.5 Å². The van der Waals surface area contributed by atoms with Crippen LogP contribution in [0.4, 0.5) is 4.39 Å². The van der Waals surface area contributed by atoms with Crippen LogP contribution in [0, 0.1) is 12.7 Å². The maximum absolute atomic E-state index is 12.3. The highest BCUT2D eigenvalue weighted by Gasteiger charge is 2.07. The van der Waals surface area contributed by atoms with Crippen LogP contribution in [0.25, 0.3) is 0 Å². The maximum atomic E-state index is 12.3. The third kappa shape index (κ3) is 7.77. The predicted octanol–water partition coefficient (Wildman–Crippen LogP) is 4.71. The van der Waals surface area contributed by atoms with Gasteiger partial charge >= 0.3 is 5.97 Å². The number of hydrogen-bond acceptors (Lipinski definition) is 3. The van der Waals surface area contributed by atoms with Crippen LogP contribution < -0.4 is 4.74 Å². The average molecular weight is 332 g/mol. The van der Waals surface area contributed by atoms with Gasteiger partial charge in [0.15, 0.2) is 0 Å². The maximum Gasteiger partial charge on any atom is 0.305 e. The second-order valence-electron chi connectivity index (χ2n) is 5.51. The molecule has 0 fully saturated rings. The highest BCUT2D eigenvalue weighted by atomic mass is 19.1. The molecule has 4 heteroatoms. The third-order valence-corrected chi connectivity index (χ3v) is 3.30. The van der Waals surface area contributed by atoms with Crippen molar-refractivity contribution in [2.75, 3.05) is 7.11 Å². The van der Waals surface area contributed by atoms with Crippen molar-refractivity contribution < 1.29 is 18.7 Å². The van der Waals surface area contributed by atoms with Crippen LogP contribution in [-0.4, -0.2) is 19.2 Å². The molecule has 0 aliphatic rings. The molecule has 2 rings (SSSR count). The summed E-state index contributed by atoms with van der Waals surface area (Å²) in [6.07, 6.45) is 1.18. The van der Waals surface area contributed by atoms with Crippen LogP contribution in [-0.2, 0) is 16.0 Å². The zero-order chi connectivity index (χ0) is 17.9. The van der Waals surface area contributed by atoms with E-state index < -0.39 is 0 Å². The van der Waals surface area contributed by atoms with E-state index in [0.29, 0.717) is 12.2 Å². The quantitative estimate of drug-likeness (QED) is 0.744. The normalized spacial score (nSPS) is 11.0. The molecule has 0 saturated heterocycles. The number of benzene rings is 2. The van der Waals surface area contributed by atoms with E-state index in [0.717, 1.165) is 6.42 Å². The van der Waals surface area contributed by atoms with Crippen LogP contribution in [0.1, 0.15) is 31.4 Å². The van der Waals surface area contributed by atoms with Crippen molar-refractivity contribution in [2.45, 2.75) is 39.7 Å². The van der Waals surface area contributed by atoms with Gasteiger partial charge in [0.05, 0.1) is 7.11 Å². The number of methoxy groups -OCH3 is 1. The van der Waals surface area contributed by atoms with Gasteiger partial charge in [-0.05, 0) is 31.5 Å². The topological polar surface area (TPSA) is 35.5 Å². The van der Waals surface area contributed by atoms with Gasteiger partial charge in [-0.25, -0.2) is 4.39 Å². The van der Waals surface area contributed by atoms with E-state index in [1.807, 2.05) is 6.92 Å². The van der Waals surface area contributed by atoms with E-state index >= 15 is 0 Å². The lowest BCUT2D eigenvalue weighted by molar-refractivity contribution is -0.147. The summed E-state index contributed by atoms with van der Waals surface area (Å²) in [6, 6.07) is 14.3. The third-order valence-electron chi connectivity index (χ3n) is 3.30. The summed E-state index contributed by atoms with van der Waals surface area (Å²) < 4.78 is 22.2. The van der Waals surface area contributed by atoms with Gasteiger partial charge in [-0.3, -0.25) is 4.79 Å². The predicted molar refractivity (Wildman–Crippen MR) is 93.7 cm³/mol. The van der Waals surface area contributed by atoms with Crippen LogP contribution >= 0.6 is 0 Å². The van der Waals surface area contributed by atoms with Gasteiger partial charge in [-0.15, -0.1) is 0 Å². The van der Waals surface area contributed by atoms with E-state index in [1.165, 1.54) is 30.4 Å². The van der Waals surface area contributed by atoms with Crippen LogP contribution in [0.3, 0.4) is 0 Å². The Balaban J connectivity index is 0.000000272. The van der Waals surface area contributed by atoms with Gasteiger partial charge in [0.25, 0.3) is 0 Å². The minimum absolute atomic E-state index is 0.0415. The summed E-state index contributed by atoms with van der Waals surface area (Å²) in [6.45, 7) is 5.79. The fraction of sp³-hybridized carbons (Fsp3) is 0.350. The number of ether oxygens (including phenoxy) is 2. The Hall–Kier alpha value is -2.36. The van der Waals surface area contributed by atoms with Crippen LogP contribution in [0.5, 0.6) is 5.75 Å². The Kier molecular flexibility index (Phi) is 8.55. The summed E-state index contributed by atoms with van der Waals surface area (Å²) >= 11 is 0. The second-order valence-corrected chi connectivity index (χ2v) is 5.51. The molecule has 0 bridgehead atoms. The molecular formula is C20H25FO3. The van der Waals surface area contributed by atoms with Crippen molar-refractivity contribution in [1.29, 1.82) is 0 Å². The van der Waals surface area contributed by atoms with Crippen molar-refractivity contribution in [3.63, 3.8) is 0 Å². The van der Waals surface area contributed by atoms with E-state index in [9.17, 15) is 9.18 Å². The summed E-state index contributed by atoms with van der Waals surface area (Å²) in [4.78, 5) is 11.0. The van der Waals surface area contributed by atoms with E-state index in [4.69, 9.17) is 9.47 Å². The highest BCUT2D eigenvalue weighted by Crippen LogP contribution is 2.10. The van der Waals surface area contributed by atoms with Crippen molar-refractivity contribution in [3.8, 4) is 5.75 Å². The molecule has 0 spiro atoms. The summed E-state index contributed by atoms with van der Waals surface area (Å²) in [5.41, 5.74) is 2.45. The number of carbonyl (C=O) groups is 1. The van der Waals surface area contributed by atoms with Gasteiger partial charge in [0, 0.05) is 18.9 Å². The molecule has 24 heavy (non-hydrogen) atoms. The largest absolute Gasteiger partial charge is 0.497 e. The Bertz CT molecular complexity index is 623. The Labute approximate surface area is 143 Å². The molecule has 0 saturated carbocycles. The molecule has 0 N–H and O–H groups in total. The minimum atomic E-state index is -0.269. The summed E-state index contributed by atoms with van der Waals surface area (Å²) in [5.74, 6) is 0.152. The van der Waals surface area contributed by atoms with Gasteiger partial charge in [-0.2, -0.15) is 0 Å². The van der Waals surface area contributed by atoms with Crippen LogP contribution in [0.2, 0.25) is 0 Å². The first-order valence-electron chi connectivity index (χ1n) is 7.99. The summed E-state index contributed by atoms with van der Waals surface area (Å²) in [7, 11) is 1.51.